The van der Waals surface area contributed by atoms with Gasteiger partial charge in [-0.3, -0.25) is 0 Å². The van der Waals surface area contributed by atoms with Crippen molar-refractivity contribution in [2.45, 2.75) is 38.2 Å². The Labute approximate surface area is 113 Å². The number of aliphatic hydroxyl groups excluding tert-OH is 1. The summed E-state index contributed by atoms with van der Waals surface area (Å²) in [6.45, 7) is 0. The van der Waals surface area contributed by atoms with Crippen LogP contribution in [0.3, 0.4) is 0 Å². The molecule has 1 aromatic carbocycles. The van der Waals surface area contributed by atoms with Crippen LogP contribution in [0.4, 0.5) is 4.39 Å². The lowest BCUT2D eigenvalue weighted by Gasteiger charge is -2.24. The molecule has 4 unspecified atom stereocenters. The summed E-state index contributed by atoms with van der Waals surface area (Å²) in [4.78, 5) is 0. The summed E-state index contributed by atoms with van der Waals surface area (Å²) >= 11 is 0. The van der Waals surface area contributed by atoms with Crippen molar-refractivity contribution in [3.8, 4) is 5.75 Å². The van der Waals surface area contributed by atoms with Crippen LogP contribution in [-0.2, 0) is 0 Å². The van der Waals surface area contributed by atoms with Crippen molar-refractivity contribution < 1.29 is 14.2 Å². The number of hydrogen-bond acceptors (Lipinski definition) is 2. The van der Waals surface area contributed by atoms with Crippen LogP contribution >= 0.6 is 0 Å². The lowest BCUT2D eigenvalue weighted by atomic mass is 9.83. The number of benzene rings is 1. The van der Waals surface area contributed by atoms with Gasteiger partial charge in [-0.25, -0.2) is 4.39 Å². The van der Waals surface area contributed by atoms with E-state index in [9.17, 15) is 9.50 Å². The summed E-state index contributed by atoms with van der Waals surface area (Å²) < 4.78 is 18.9. The molecule has 2 nitrogen and oxygen atoms in total. The van der Waals surface area contributed by atoms with Crippen molar-refractivity contribution in [2.24, 2.45) is 17.8 Å². The highest BCUT2D eigenvalue weighted by atomic mass is 19.1. The van der Waals surface area contributed by atoms with Crippen molar-refractivity contribution in [1.82, 2.24) is 0 Å². The van der Waals surface area contributed by atoms with Gasteiger partial charge in [-0.15, -0.1) is 0 Å². The fourth-order valence-electron chi connectivity index (χ4n) is 3.98. The molecule has 3 rings (SSSR count). The monoisotopic (exact) mass is 264 g/mol. The highest BCUT2D eigenvalue weighted by Crippen LogP contribution is 2.51. The van der Waals surface area contributed by atoms with E-state index in [1.165, 1.54) is 38.9 Å². The minimum Gasteiger partial charge on any atom is -0.497 e. The molecule has 2 saturated carbocycles. The Morgan fingerprint density at radius 2 is 2.21 bits per heavy atom. The normalized spacial score (nSPS) is 30.6. The van der Waals surface area contributed by atoms with E-state index in [-0.39, 0.29) is 5.82 Å². The molecule has 104 valence electrons. The molecule has 1 aromatic rings. The Morgan fingerprint density at radius 1 is 1.37 bits per heavy atom. The van der Waals surface area contributed by atoms with Gasteiger partial charge < -0.3 is 9.84 Å². The maximum Gasteiger partial charge on any atom is 0.132 e. The van der Waals surface area contributed by atoms with Gasteiger partial charge in [-0.2, -0.15) is 0 Å². The summed E-state index contributed by atoms with van der Waals surface area (Å²) in [5, 5.41) is 10.3. The second-order valence-corrected chi connectivity index (χ2v) is 6.07. The quantitative estimate of drug-likeness (QED) is 0.898. The fourth-order valence-corrected chi connectivity index (χ4v) is 3.98. The standard InChI is InChI=1S/C16H21FO2/c1-19-13-4-5-14(15(17)9-13)16(18)8-12-7-10-2-3-11(12)6-10/h4-5,9-12,16,18H,2-3,6-8H2,1H3. The first kappa shape index (κ1) is 12.9. The van der Waals surface area contributed by atoms with Gasteiger partial charge in [0.1, 0.15) is 11.6 Å². The number of methoxy groups -OCH3 is 1. The Hall–Kier alpha value is -1.09. The lowest BCUT2D eigenvalue weighted by Crippen LogP contribution is -2.15. The SMILES string of the molecule is COc1ccc(C(O)CC2CC3CCC2C3)c(F)c1. The molecule has 2 aliphatic carbocycles. The third kappa shape index (κ3) is 2.48. The first-order valence-corrected chi connectivity index (χ1v) is 7.19. The Balaban J connectivity index is 1.68. The van der Waals surface area contributed by atoms with Gasteiger partial charge in [-0.05, 0) is 55.6 Å². The summed E-state index contributed by atoms with van der Waals surface area (Å²) in [5.74, 6) is 2.34. The number of rotatable bonds is 4. The molecular formula is C16H21FO2. The van der Waals surface area contributed by atoms with Gasteiger partial charge in [0, 0.05) is 11.6 Å². The van der Waals surface area contributed by atoms with E-state index in [0.29, 0.717) is 23.7 Å². The third-order valence-electron chi connectivity index (χ3n) is 4.98. The van der Waals surface area contributed by atoms with Gasteiger partial charge in [0.25, 0.3) is 0 Å². The van der Waals surface area contributed by atoms with Crippen LogP contribution in [0.25, 0.3) is 0 Å². The van der Waals surface area contributed by atoms with E-state index in [1.54, 1.807) is 12.1 Å². The molecule has 4 atom stereocenters. The van der Waals surface area contributed by atoms with Crippen molar-refractivity contribution >= 4 is 0 Å². The topological polar surface area (TPSA) is 29.5 Å². The number of hydrogen-bond donors (Lipinski definition) is 1. The van der Waals surface area contributed by atoms with Crippen molar-refractivity contribution in [3.05, 3.63) is 29.6 Å². The third-order valence-corrected chi connectivity index (χ3v) is 4.98. The highest BCUT2D eigenvalue weighted by molar-refractivity contribution is 5.30. The molecule has 3 heteroatoms. The molecule has 0 amide bonds. The Morgan fingerprint density at radius 3 is 2.79 bits per heavy atom. The molecule has 0 aliphatic heterocycles. The van der Waals surface area contributed by atoms with Gasteiger partial charge in [-0.1, -0.05) is 6.42 Å². The summed E-state index contributed by atoms with van der Waals surface area (Å²) in [7, 11) is 1.51. The van der Waals surface area contributed by atoms with E-state index in [4.69, 9.17) is 4.74 Å². The van der Waals surface area contributed by atoms with Crippen LogP contribution in [0.1, 0.15) is 43.8 Å². The molecule has 2 aliphatic rings. The molecule has 0 aromatic heterocycles. The summed E-state index contributed by atoms with van der Waals surface area (Å²) in [5.41, 5.74) is 0.406. The van der Waals surface area contributed by atoms with Crippen molar-refractivity contribution in [1.29, 1.82) is 0 Å². The number of fused-ring (bicyclic) bond motifs is 2. The first-order chi connectivity index (χ1) is 9.17. The zero-order chi connectivity index (χ0) is 13.4. The van der Waals surface area contributed by atoms with Crippen LogP contribution in [0, 0.1) is 23.6 Å². The largest absolute Gasteiger partial charge is 0.497 e. The van der Waals surface area contributed by atoms with Crippen LogP contribution in [0.15, 0.2) is 18.2 Å². The van der Waals surface area contributed by atoms with Crippen LogP contribution < -0.4 is 4.74 Å². The predicted molar refractivity (Wildman–Crippen MR) is 71.5 cm³/mol. The molecule has 1 N–H and O–H groups in total. The highest BCUT2D eigenvalue weighted by Gasteiger charge is 2.40. The maximum atomic E-state index is 13.9. The average molecular weight is 264 g/mol. The molecule has 2 fully saturated rings. The minimum atomic E-state index is -0.685. The second-order valence-electron chi connectivity index (χ2n) is 6.07. The van der Waals surface area contributed by atoms with Gasteiger partial charge >= 0.3 is 0 Å². The maximum absolute atomic E-state index is 13.9. The molecule has 19 heavy (non-hydrogen) atoms. The molecule has 0 spiro atoms. The van der Waals surface area contributed by atoms with Gasteiger partial charge in [0.05, 0.1) is 13.2 Å². The van der Waals surface area contributed by atoms with Crippen LogP contribution in [0.5, 0.6) is 5.75 Å². The zero-order valence-corrected chi connectivity index (χ0v) is 11.3. The van der Waals surface area contributed by atoms with Gasteiger partial charge in [0.2, 0.25) is 0 Å². The van der Waals surface area contributed by atoms with Gasteiger partial charge in [0.15, 0.2) is 0 Å². The summed E-state index contributed by atoms with van der Waals surface area (Å²) in [6, 6.07) is 4.70. The summed E-state index contributed by atoms with van der Waals surface area (Å²) in [6.07, 6.45) is 5.21. The minimum absolute atomic E-state index is 0.366. The molecule has 0 heterocycles. The number of halogens is 1. The van der Waals surface area contributed by atoms with Crippen LogP contribution in [-0.4, -0.2) is 12.2 Å². The van der Waals surface area contributed by atoms with E-state index < -0.39 is 6.10 Å². The van der Waals surface area contributed by atoms with Crippen molar-refractivity contribution in [3.63, 3.8) is 0 Å². The van der Waals surface area contributed by atoms with E-state index >= 15 is 0 Å². The Kier molecular flexibility index (Phi) is 3.48. The predicted octanol–water partition coefficient (Wildman–Crippen LogP) is 3.69. The zero-order valence-electron chi connectivity index (χ0n) is 11.3. The van der Waals surface area contributed by atoms with Crippen molar-refractivity contribution in [2.75, 3.05) is 7.11 Å². The molecule has 0 saturated heterocycles. The number of ether oxygens (including phenoxy) is 1. The lowest BCUT2D eigenvalue weighted by molar-refractivity contribution is 0.122. The average Bonchev–Trinajstić information content (AvgIpc) is 3.00. The second kappa shape index (κ2) is 5.12. The first-order valence-electron chi connectivity index (χ1n) is 7.19. The fraction of sp³-hybridized carbons (Fsp3) is 0.625. The van der Waals surface area contributed by atoms with E-state index in [0.717, 1.165) is 11.8 Å². The van der Waals surface area contributed by atoms with E-state index in [1.807, 2.05) is 0 Å². The molecular weight excluding hydrogens is 243 g/mol. The molecule has 2 bridgehead atoms. The van der Waals surface area contributed by atoms with E-state index in [2.05, 4.69) is 0 Å². The Bertz CT molecular complexity index is 460. The van der Waals surface area contributed by atoms with Crippen LogP contribution in [0.2, 0.25) is 0 Å². The number of aliphatic hydroxyl groups is 1. The molecule has 0 radical (unpaired) electrons. The smallest absolute Gasteiger partial charge is 0.132 e.